The van der Waals surface area contributed by atoms with Gasteiger partial charge in [-0.25, -0.2) is 4.98 Å². The largest absolute Gasteiger partial charge is 0.497 e. The standard InChI is InChI=1S/C21H21N3O2/c1-21(19(25)24-20-22-10-11-23-20)13-15-8-9-16(26-2)12-17(15)18(21)14-6-4-3-5-7-14/h3-12,18H,13H2,1-2H3,(H2,22,23,24,25). The number of anilines is 1. The highest BCUT2D eigenvalue weighted by atomic mass is 16.5. The molecule has 2 aromatic carbocycles. The van der Waals surface area contributed by atoms with Crippen molar-refractivity contribution >= 4 is 11.9 Å². The molecule has 26 heavy (non-hydrogen) atoms. The Kier molecular flexibility index (Phi) is 3.99. The van der Waals surface area contributed by atoms with Crippen molar-refractivity contribution in [3.8, 4) is 5.75 Å². The fraction of sp³-hybridized carbons (Fsp3) is 0.238. The average molecular weight is 347 g/mol. The maximum Gasteiger partial charge on any atom is 0.233 e. The Morgan fingerprint density at radius 3 is 2.77 bits per heavy atom. The summed E-state index contributed by atoms with van der Waals surface area (Å²) >= 11 is 0. The van der Waals surface area contributed by atoms with Crippen LogP contribution in [0.25, 0.3) is 0 Å². The number of hydrogen-bond donors (Lipinski definition) is 2. The molecule has 0 spiro atoms. The van der Waals surface area contributed by atoms with Crippen LogP contribution in [0.2, 0.25) is 0 Å². The Morgan fingerprint density at radius 1 is 1.27 bits per heavy atom. The number of amides is 1. The van der Waals surface area contributed by atoms with Crippen LogP contribution >= 0.6 is 0 Å². The van der Waals surface area contributed by atoms with Crippen LogP contribution in [0.15, 0.2) is 60.9 Å². The van der Waals surface area contributed by atoms with Gasteiger partial charge in [0.15, 0.2) is 0 Å². The first-order chi connectivity index (χ1) is 12.6. The topological polar surface area (TPSA) is 67.0 Å². The van der Waals surface area contributed by atoms with Crippen LogP contribution in [0.4, 0.5) is 5.95 Å². The van der Waals surface area contributed by atoms with Gasteiger partial charge in [-0.3, -0.25) is 10.1 Å². The molecular weight excluding hydrogens is 326 g/mol. The van der Waals surface area contributed by atoms with Crippen LogP contribution in [0.5, 0.6) is 5.75 Å². The monoisotopic (exact) mass is 347 g/mol. The van der Waals surface area contributed by atoms with E-state index in [-0.39, 0.29) is 11.8 Å². The van der Waals surface area contributed by atoms with E-state index >= 15 is 0 Å². The fourth-order valence-corrected chi connectivity index (χ4v) is 3.96. The molecule has 0 bridgehead atoms. The molecule has 2 N–H and O–H groups in total. The van der Waals surface area contributed by atoms with E-state index in [1.165, 1.54) is 5.56 Å². The van der Waals surface area contributed by atoms with Crippen LogP contribution < -0.4 is 10.1 Å². The number of rotatable bonds is 4. The van der Waals surface area contributed by atoms with E-state index in [0.29, 0.717) is 12.4 Å². The predicted octanol–water partition coefficient (Wildman–Crippen LogP) is 3.75. The number of hydrogen-bond acceptors (Lipinski definition) is 3. The van der Waals surface area contributed by atoms with Gasteiger partial charge in [0.1, 0.15) is 5.75 Å². The number of nitrogens with zero attached hydrogens (tertiary/aromatic N) is 1. The SMILES string of the molecule is COc1ccc2c(c1)C(c1ccccc1)C(C)(C(=O)Nc1ncc[nH]1)C2. The van der Waals surface area contributed by atoms with Crippen molar-refractivity contribution in [3.05, 3.63) is 77.6 Å². The second-order valence-corrected chi connectivity index (χ2v) is 6.89. The lowest BCUT2D eigenvalue weighted by Crippen LogP contribution is -2.38. The van der Waals surface area contributed by atoms with Crippen LogP contribution in [-0.4, -0.2) is 23.0 Å². The van der Waals surface area contributed by atoms with Crippen molar-refractivity contribution in [1.29, 1.82) is 0 Å². The summed E-state index contributed by atoms with van der Waals surface area (Å²) in [6.45, 7) is 2.02. The van der Waals surface area contributed by atoms with E-state index in [4.69, 9.17) is 4.74 Å². The highest BCUT2D eigenvalue weighted by molar-refractivity contribution is 5.96. The first kappa shape index (κ1) is 16.4. The number of benzene rings is 2. The molecular formula is C21H21N3O2. The van der Waals surface area contributed by atoms with E-state index in [0.717, 1.165) is 16.9 Å². The fourth-order valence-electron chi connectivity index (χ4n) is 3.96. The lowest BCUT2D eigenvalue weighted by Gasteiger charge is -2.31. The van der Waals surface area contributed by atoms with Crippen molar-refractivity contribution < 1.29 is 9.53 Å². The van der Waals surface area contributed by atoms with E-state index in [1.807, 2.05) is 31.2 Å². The quantitative estimate of drug-likeness (QED) is 0.755. The average Bonchev–Trinajstić information content (AvgIpc) is 3.27. The Bertz CT molecular complexity index is 922. The summed E-state index contributed by atoms with van der Waals surface area (Å²) in [6, 6.07) is 16.3. The zero-order valence-electron chi connectivity index (χ0n) is 14.8. The van der Waals surface area contributed by atoms with Gasteiger partial charge in [0.2, 0.25) is 11.9 Å². The number of aromatic nitrogens is 2. The number of carbonyl (C=O) groups is 1. The third-order valence-electron chi connectivity index (χ3n) is 5.24. The first-order valence-corrected chi connectivity index (χ1v) is 8.64. The van der Waals surface area contributed by atoms with Gasteiger partial charge in [-0.05, 0) is 42.2 Å². The van der Waals surface area contributed by atoms with Gasteiger partial charge in [-0.15, -0.1) is 0 Å². The van der Waals surface area contributed by atoms with Gasteiger partial charge in [0, 0.05) is 18.3 Å². The lowest BCUT2D eigenvalue weighted by atomic mass is 9.73. The molecule has 3 aromatic rings. The highest BCUT2D eigenvalue weighted by Gasteiger charge is 2.49. The molecule has 2 atom stereocenters. The minimum Gasteiger partial charge on any atom is -0.497 e. The molecule has 1 amide bonds. The van der Waals surface area contributed by atoms with Gasteiger partial charge in [-0.2, -0.15) is 0 Å². The number of nitrogens with one attached hydrogen (secondary N) is 2. The van der Waals surface area contributed by atoms with E-state index in [9.17, 15) is 4.79 Å². The predicted molar refractivity (Wildman–Crippen MR) is 100 cm³/mol. The molecule has 0 aliphatic heterocycles. The molecule has 0 fully saturated rings. The van der Waals surface area contributed by atoms with Gasteiger partial charge in [0.05, 0.1) is 12.5 Å². The summed E-state index contributed by atoms with van der Waals surface area (Å²) in [6.07, 6.45) is 3.99. The molecule has 132 valence electrons. The molecule has 0 radical (unpaired) electrons. The Hall–Kier alpha value is -3.08. The summed E-state index contributed by atoms with van der Waals surface area (Å²) in [5.41, 5.74) is 2.82. The van der Waals surface area contributed by atoms with Crippen molar-refractivity contribution in [2.45, 2.75) is 19.3 Å². The number of H-pyrrole nitrogens is 1. The van der Waals surface area contributed by atoms with Crippen molar-refractivity contribution in [2.75, 3.05) is 12.4 Å². The third kappa shape index (κ3) is 2.65. The number of methoxy groups -OCH3 is 1. The zero-order valence-corrected chi connectivity index (χ0v) is 14.8. The summed E-state index contributed by atoms with van der Waals surface area (Å²) < 4.78 is 5.42. The van der Waals surface area contributed by atoms with Crippen molar-refractivity contribution in [3.63, 3.8) is 0 Å². The first-order valence-electron chi connectivity index (χ1n) is 8.64. The molecule has 5 nitrogen and oxygen atoms in total. The van der Waals surface area contributed by atoms with Crippen LogP contribution in [0, 0.1) is 5.41 Å². The highest BCUT2D eigenvalue weighted by Crippen LogP contribution is 2.51. The maximum absolute atomic E-state index is 13.2. The van der Waals surface area contributed by atoms with Gasteiger partial charge < -0.3 is 9.72 Å². The number of carbonyl (C=O) groups excluding carboxylic acids is 1. The van der Waals surface area contributed by atoms with Crippen LogP contribution in [-0.2, 0) is 11.2 Å². The van der Waals surface area contributed by atoms with Gasteiger partial charge in [0.25, 0.3) is 0 Å². The molecule has 5 heteroatoms. The molecule has 1 aliphatic carbocycles. The summed E-state index contributed by atoms with van der Waals surface area (Å²) in [5.74, 6) is 1.18. The summed E-state index contributed by atoms with van der Waals surface area (Å²) in [4.78, 5) is 20.3. The summed E-state index contributed by atoms with van der Waals surface area (Å²) in [7, 11) is 1.66. The molecule has 4 rings (SSSR count). The van der Waals surface area contributed by atoms with Crippen molar-refractivity contribution in [1.82, 2.24) is 9.97 Å². The van der Waals surface area contributed by atoms with Crippen LogP contribution in [0.3, 0.4) is 0 Å². The molecule has 0 saturated heterocycles. The van der Waals surface area contributed by atoms with E-state index in [2.05, 4.69) is 39.6 Å². The minimum absolute atomic E-state index is 0.0449. The van der Waals surface area contributed by atoms with Crippen LogP contribution in [0.1, 0.15) is 29.5 Å². The minimum atomic E-state index is -0.622. The third-order valence-corrected chi connectivity index (χ3v) is 5.24. The number of fused-ring (bicyclic) bond motifs is 1. The van der Waals surface area contributed by atoms with E-state index in [1.54, 1.807) is 19.5 Å². The van der Waals surface area contributed by atoms with Gasteiger partial charge in [-0.1, -0.05) is 36.4 Å². The number of imidazole rings is 1. The molecule has 0 saturated carbocycles. The Balaban J connectivity index is 1.79. The lowest BCUT2D eigenvalue weighted by molar-refractivity contribution is -0.125. The molecule has 1 aromatic heterocycles. The Morgan fingerprint density at radius 2 is 2.08 bits per heavy atom. The second-order valence-electron chi connectivity index (χ2n) is 6.89. The maximum atomic E-state index is 13.2. The second kappa shape index (κ2) is 6.33. The van der Waals surface area contributed by atoms with Crippen molar-refractivity contribution in [2.24, 2.45) is 5.41 Å². The summed E-state index contributed by atoms with van der Waals surface area (Å²) in [5, 5.41) is 2.93. The molecule has 2 unspecified atom stereocenters. The Labute approximate surface area is 152 Å². The smallest absolute Gasteiger partial charge is 0.233 e. The molecule has 1 aliphatic rings. The normalized spacial score (nSPS) is 21.2. The number of ether oxygens (including phenoxy) is 1. The zero-order chi connectivity index (χ0) is 18.1. The van der Waals surface area contributed by atoms with Gasteiger partial charge >= 0.3 is 0 Å². The van der Waals surface area contributed by atoms with E-state index < -0.39 is 5.41 Å². The number of aromatic amines is 1. The molecule has 1 heterocycles.